The fourth-order valence-corrected chi connectivity index (χ4v) is 2.79. The second-order valence-electron chi connectivity index (χ2n) is 5.21. The Kier molecular flexibility index (Phi) is 3.66. The molecule has 0 aromatic rings. The van der Waals surface area contributed by atoms with Crippen LogP contribution in [-0.4, -0.2) is 60.0 Å². The first-order valence-corrected chi connectivity index (χ1v) is 6.28. The van der Waals surface area contributed by atoms with Gasteiger partial charge in [-0.2, -0.15) is 0 Å². The van der Waals surface area contributed by atoms with Gasteiger partial charge in [0.05, 0.1) is 11.8 Å². The molecule has 2 aliphatic rings. The Balaban J connectivity index is 1.90. The molecule has 0 unspecified atom stereocenters. The summed E-state index contributed by atoms with van der Waals surface area (Å²) < 4.78 is 0. The molecule has 0 spiro atoms. The molecule has 1 amide bonds. The van der Waals surface area contributed by atoms with E-state index in [1.165, 1.54) is 0 Å². The molecule has 2 atom stereocenters. The van der Waals surface area contributed by atoms with Crippen LogP contribution in [0.5, 0.6) is 0 Å². The largest absolute Gasteiger partial charge is 0.481 e. The molecule has 17 heavy (non-hydrogen) atoms. The molecule has 2 aliphatic heterocycles. The normalized spacial score (nSPS) is 30.5. The molecule has 2 heterocycles. The fourth-order valence-electron chi connectivity index (χ4n) is 2.79. The Morgan fingerprint density at radius 3 is 2.47 bits per heavy atom. The lowest BCUT2D eigenvalue weighted by atomic mass is 9.97. The number of carboxylic acid groups (broad SMARTS) is 1. The molecule has 5 nitrogen and oxygen atoms in total. The molecular weight excluding hydrogens is 220 g/mol. The van der Waals surface area contributed by atoms with Crippen molar-refractivity contribution in [3.05, 3.63) is 0 Å². The van der Waals surface area contributed by atoms with Crippen LogP contribution in [0.25, 0.3) is 0 Å². The van der Waals surface area contributed by atoms with Gasteiger partial charge >= 0.3 is 5.97 Å². The Hall–Kier alpha value is -1.10. The van der Waals surface area contributed by atoms with Gasteiger partial charge in [0.15, 0.2) is 0 Å². The number of carboxylic acids is 1. The van der Waals surface area contributed by atoms with Crippen molar-refractivity contribution in [2.45, 2.75) is 19.3 Å². The van der Waals surface area contributed by atoms with E-state index in [1.54, 1.807) is 4.90 Å². The van der Waals surface area contributed by atoms with E-state index in [0.29, 0.717) is 19.5 Å². The van der Waals surface area contributed by atoms with Crippen LogP contribution in [0, 0.1) is 11.8 Å². The van der Waals surface area contributed by atoms with Crippen molar-refractivity contribution in [1.29, 1.82) is 0 Å². The average molecular weight is 240 g/mol. The highest BCUT2D eigenvalue weighted by atomic mass is 16.4. The number of rotatable bonds is 2. The Bertz CT molecular complexity index is 319. The summed E-state index contributed by atoms with van der Waals surface area (Å²) in [4.78, 5) is 27.0. The number of nitrogens with zero attached hydrogens (tertiary/aromatic N) is 2. The molecule has 96 valence electrons. The Morgan fingerprint density at radius 1 is 1.12 bits per heavy atom. The molecule has 1 N–H and O–H groups in total. The van der Waals surface area contributed by atoms with Gasteiger partial charge < -0.3 is 14.9 Å². The highest BCUT2D eigenvalue weighted by molar-refractivity contribution is 5.81. The quantitative estimate of drug-likeness (QED) is 0.752. The minimum absolute atomic E-state index is 0.0706. The molecule has 0 radical (unpaired) electrons. The van der Waals surface area contributed by atoms with Gasteiger partial charge in [0.2, 0.25) is 5.91 Å². The first-order chi connectivity index (χ1) is 8.08. The zero-order valence-electron chi connectivity index (χ0n) is 10.3. The topological polar surface area (TPSA) is 60.9 Å². The molecular formula is C12H20N2O3. The van der Waals surface area contributed by atoms with Gasteiger partial charge in [-0.05, 0) is 32.9 Å². The van der Waals surface area contributed by atoms with Gasteiger partial charge in [-0.15, -0.1) is 0 Å². The smallest absolute Gasteiger partial charge is 0.308 e. The van der Waals surface area contributed by atoms with Gasteiger partial charge in [0.25, 0.3) is 0 Å². The standard InChI is InChI=1S/C12H20N2O3/c1-13-5-2-3-9(7-13)11(15)14-6-4-10(8-14)12(16)17/h9-10H,2-8H2,1H3,(H,16,17)/t9-,10+/m1/s1. The van der Waals surface area contributed by atoms with Gasteiger partial charge in [0, 0.05) is 19.6 Å². The number of amides is 1. The molecule has 0 aromatic heterocycles. The number of carbonyl (C=O) groups is 2. The zero-order valence-corrected chi connectivity index (χ0v) is 10.3. The number of aliphatic carboxylic acids is 1. The van der Waals surface area contributed by atoms with Crippen LogP contribution in [0.3, 0.4) is 0 Å². The molecule has 2 fully saturated rings. The summed E-state index contributed by atoms with van der Waals surface area (Å²) in [5.41, 5.74) is 0. The van der Waals surface area contributed by atoms with Gasteiger partial charge in [0.1, 0.15) is 0 Å². The molecule has 0 saturated carbocycles. The van der Waals surface area contributed by atoms with E-state index in [9.17, 15) is 9.59 Å². The second kappa shape index (κ2) is 5.04. The van der Waals surface area contributed by atoms with Gasteiger partial charge in [-0.25, -0.2) is 0 Å². The molecule has 0 aromatic carbocycles. The van der Waals surface area contributed by atoms with E-state index in [4.69, 9.17) is 5.11 Å². The van der Waals surface area contributed by atoms with Crippen molar-refractivity contribution >= 4 is 11.9 Å². The van der Waals surface area contributed by atoms with E-state index >= 15 is 0 Å². The van der Waals surface area contributed by atoms with Crippen LogP contribution in [0.15, 0.2) is 0 Å². The van der Waals surface area contributed by atoms with E-state index < -0.39 is 5.97 Å². The SMILES string of the molecule is CN1CCC[C@@H](C(=O)N2CC[C@H](C(=O)O)C2)C1. The van der Waals surface area contributed by atoms with Crippen LogP contribution in [-0.2, 0) is 9.59 Å². The highest BCUT2D eigenvalue weighted by Gasteiger charge is 2.34. The fraction of sp³-hybridized carbons (Fsp3) is 0.833. The average Bonchev–Trinajstić information content (AvgIpc) is 2.77. The maximum atomic E-state index is 12.2. The van der Waals surface area contributed by atoms with Gasteiger partial charge in [-0.1, -0.05) is 0 Å². The summed E-state index contributed by atoms with van der Waals surface area (Å²) in [6, 6.07) is 0. The van der Waals surface area contributed by atoms with Crippen molar-refractivity contribution in [2.75, 3.05) is 33.2 Å². The lowest BCUT2D eigenvalue weighted by molar-refractivity contribution is -0.141. The third-order valence-corrected chi connectivity index (χ3v) is 3.82. The van der Waals surface area contributed by atoms with Crippen LogP contribution < -0.4 is 0 Å². The van der Waals surface area contributed by atoms with E-state index in [-0.39, 0.29) is 17.7 Å². The third-order valence-electron chi connectivity index (χ3n) is 3.82. The van der Waals surface area contributed by atoms with Crippen molar-refractivity contribution in [1.82, 2.24) is 9.80 Å². The van der Waals surface area contributed by atoms with Crippen molar-refractivity contribution in [3.63, 3.8) is 0 Å². The third kappa shape index (κ3) is 2.77. The molecule has 0 bridgehead atoms. The number of carbonyl (C=O) groups excluding carboxylic acids is 1. The molecule has 2 saturated heterocycles. The van der Waals surface area contributed by atoms with Crippen molar-refractivity contribution in [3.8, 4) is 0 Å². The van der Waals surface area contributed by atoms with Crippen LogP contribution in [0.1, 0.15) is 19.3 Å². The van der Waals surface area contributed by atoms with Crippen molar-refractivity contribution < 1.29 is 14.7 Å². The molecule has 5 heteroatoms. The summed E-state index contributed by atoms with van der Waals surface area (Å²) in [5, 5.41) is 8.92. The number of hydrogen-bond donors (Lipinski definition) is 1. The zero-order chi connectivity index (χ0) is 12.4. The van der Waals surface area contributed by atoms with Crippen LogP contribution in [0.2, 0.25) is 0 Å². The lowest BCUT2D eigenvalue weighted by Gasteiger charge is -2.31. The lowest BCUT2D eigenvalue weighted by Crippen LogP contribution is -2.43. The summed E-state index contributed by atoms with van der Waals surface area (Å²) in [6.45, 7) is 2.87. The van der Waals surface area contributed by atoms with E-state index in [1.807, 2.05) is 7.05 Å². The number of piperidine rings is 1. The summed E-state index contributed by atoms with van der Waals surface area (Å²) in [5.74, 6) is -0.914. The van der Waals surface area contributed by atoms with Crippen molar-refractivity contribution in [2.24, 2.45) is 11.8 Å². The first-order valence-electron chi connectivity index (χ1n) is 6.28. The maximum absolute atomic E-state index is 12.2. The Morgan fingerprint density at radius 2 is 1.88 bits per heavy atom. The second-order valence-corrected chi connectivity index (χ2v) is 5.21. The summed E-state index contributed by atoms with van der Waals surface area (Å²) in [7, 11) is 2.03. The maximum Gasteiger partial charge on any atom is 0.308 e. The Labute approximate surface area is 101 Å². The molecule has 2 rings (SSSR count). The predicted molar refractivity (Wildman–Crippen MR) is 62.5 cm³/mol. The monoisotopic (exact) mass is 240 g/mol. The van der Waals surface area contributed by atoms with Crippen LogP contribution >= 0.6 is 0 Å². The first kappa shape index (κ1) is 12.4. The predicted octanol–water partition coefficient (Wildman–Crippen LogP) is 0.261. The number of hydrogen-bond acceptors (Lipinski definition) is 3. The number of likely N-dealkylation sites (tertiary alicyclic amines) is 2. The highest BCUT2D eigenvalue weighted by Crippen LogP contribution is 2.22. The minimum Gasteiger partial charge on any atom is -0.481 e. The molecule has 0 aliphatic carbocycles. The van der Waals surface area contributed by atoms with Crippen LogP contribution in [0.4, 0.5) is 0 Å². The van der Waals surface area contributed by atoms with Gasteiger partial charge in [-0.3, -0.25) is 9.59 Å². The van der Waals surface area contributed by atoms with E-state index in [0.717, 1.165) is 25.9 Å². The summed E-state index contributed by atoms with van der Waals surface area (Å²) >= 11 is 0. The summed E-state index contributed by atoms with van der Waals surface area (Å²) in [6.07, 6.45) is 2.60. The van der Waals surface area contributed by atoms with E-state index in [2.05, 4.69) is 4.90 Å². The minimum atomic E-state index is -0.777.